The van der Waals surface area contributed by atoms with Crippen molar-refractivity contribution < 1.29 is 25.8 Å². The molecule has 0 spiro atoms. The monoisotopic (exact) mass is 321 g/mol. The highest BCUT2D eigenvalue weighted by molar-refractivity contribution is 7.87. The van der Waals surface area contributed by atoms with Crippen molar-refractivity contribution >= 4 is 10.1 Å². The molecule has 116 valence electrons. The predicted octanol–water partition coefficient (Wildman–Crippen LogP) is 3.00. The van der Waals surface area contributed by atoms with Crippen LogP contribution < -0.4 is 4.18 Å². The summed E-state index contributed by atoms with van der Waals surface area (Å²) in [5, 5.41) is 0. The van der Waals surface area contributed by atoms with Gasteiger partial charge in [-0.15, -0.1) is 0 Å². The molecule has 0 radical (unpaired) electrons. The number of halogens is 3. The van der Waals surface area contributed by atoms with Crippen LogP contribution in [0.3, 0.4) is 0 Å². The molecule has 0 N–H and O–H groups in total. The number of hydrogen-bond donors (Lipinski definition) is 0. The SMILES string of the molecule is CC1(C)[C@H]2Cc3ccc(OS(=O)(=O)C(F)(F)F)nc3[C@@H]1C2. The summed E-state index contributed by atoms with van der Waals surface area (Å²) < 4.78 is 63.1. The van der Waals surface area contributed by atoms with Gasteiger partial charge in [-0.05, 0) is 29.7 Å². The number of hydrogen-bond acceptors (Lipinski definition) is 4. The van der Waals surface area contributed by atoms with E-state index in [0.717, 1.165) is 18.4 Å². The highest BCUT2D eigenvalue weighted by Crippen LogP contribution is 2.61. The van der Waals surface area contributed by atoms with Crippen LogP contribution in [0.15, 0.2) is 12.1 Å². The molecule has 1 aromatic heterocycles. The van der Waals surface area contributed by atoms with Crippen molar-refractivity contribution in [1.82, 2.24) is 4.98 Å². The zero-order valence-electron chi connectivity index (χ0n) is 11.4. The molecular formula is C13H14F3NO3S. The molecule has 1 fully saturated rings. The van der Waals surface area contributed by atoms with Crippen LogP contribution in [0, 0.1) is 11.3 Å². The predicted molar refractivity (Wildman–Crippen MR) is 68.2 cm³/mol. The second kappa shape index (κ2) is 4.12. The molecule has 2 bridgehead atoms. The van der Waals surface area contributed by atoms with Gasteiger partial charge in [-0.25, -0.2) is 4.98 Å². The van der Waals surface area contributed by atoms with E-state index in [2.05, 4.69) is 23.0 Å². The van der Waals surface area contributed by atoms with Gasteiger partial charge >= 0.3 is 15.6 Å². The molecule has 0 saturated heterocycles. The van der Waals surface area contributed by atoms with E-state index in [4.69, 9.17) is 0 Å². The fourth-order valence-electron chi connectivity index (χ4n) is 3.26. The number of rotatable bonds is 2. The van der Waals surface area contributed by atoms with Gasteiger partial charge in [0.1, 0.15) is 0 Å². The lowest BCUT2D eigenvalue weighted by atomic mass is 9.48. The molecule has 0 unspecified atom stereocenters. The molecule has 1 aromatic rings. The maximum Gasteiger partial charge on any atom is 0.534 e. The van der Waals surface area contributed by atoms with Crippen LogP contribution in [0.4, 0.5) is 13.2 Å². The first-order chi connectivity index (χ1) is 9.52. The Morgan fingerprint density at radius 3 is 2.57 bits per heavy atom. The van der Waals surface area contributed by atoms with E-state index in [9.17, 15) is 21.6 Å². The Balaban J connectivity index is 1.93. The first-order valence-corrected chi connectivity index (χ1v) is 7.94. The molecule has 21 heavy (non-hydrogen) atoms. The zero-order chi connectivity index (χ0) is 15.6. The van der Waals surface area contributed by atoms with E-state index in [-0.39, 0.29) is 11.3 Å². The minimum atomic E-state index is -5.67. The lowest BCUT2D eigenvalue weighted by Gasteiger charge is -2.56. The van der Waals surface area contributed by atoms with Crippen LogP contribution in [0.5, 0.6) is 5.88 Å². The summed E-state index contributed by atoms with van der Waals surface area (Å²) in [6.07, 6.45) is 1.75. The van der Waals surface area contributed by atoms with Gasteiger partial charge in [-0.3, -0.25) is 0 Å². The second-order valence-electron chi connectivity index (χ2n) is 6.19. The molecule has 1 saturated carbocycles. The van der Waals surface area contributed by atoms with Crippen LogP contribution >= 0.6 is 0 Å². The van der Waals surface area contributed by atoms with E-state index in [1.54, 1.807) is 6.07 Å². The van der Waals surface area contributed by atoms with Crippen LogP contribution in [0.1, 0.15) is 37.4 Å². The molecule has 4 rings (SSSR count). The highest BCUT2D eigenvalue weighted by Gasteiger charge is 2.53. The fourth-order valence-corrected chi connectivity index (χ4v) is 3.67. The van der Waals surface area contributed by atoms with Crippen LogP contribution in [-0.4, -0.2) is 18.9 Å². The molecule has 0 aromatic carbocycles. The Hall–Kier alpha value is -1.31. The Kier molecular flexibility index (Phi) is 2.87. The maximum atomic E-state index is 12.3. The second-order valence-corrected chi connectivity index (χ2v) is 7.73. The lowest BCUT2D eigenvalue weighted by Crippen LogP contribution is -2.48. The van der Waals surface area contributed by atoms with Crippen molar-refractivity contribution in [2.24, 2.45) is 11.3 Å². The summed E-state index contributed by atoms with van der Waals surface area (Å²) in [5.74, 6) is 0.165. The average Bonchev–Trinajstić information content (AvgIpc) is 2.35. The van der Waals surface area contributed by atoms with Gasteiger partial charge < -0.3 is 4.18 Å². The Bertz CT molecular complexity index is 697. The van der Waals surface area contributed by atoms with Gasteiger partial charge in [0.15, 0.2) is 0 Å². The van der Waals surface area contributed by atoms with Crippen molar-refractivity contribution in [3.63, 3.8) is 0 Å². The van der Waals surface area contributed by atoms with Gasteiger partial charge in [0, 0.05) is 12.0 Å². The zero-order valence-corrected chi connectivity index (χ0v) is 12.3. The van der Waals surface area contributed by atoms with E-state index >= 15 is 0 Å². The smallest absolute Gasteiger partial charge is 0.355 e. The minimum Gasteiger partial charge on any atom is -0.355 e. The van der Waals surface area contributed by atoms with Crippen molar-refractivity contribution in [1.29, 1.82) is 0 Å². The van der Waals surface area contributed by atoms with Crippen molar-refractivity contribution in [2.45, 2.75) is 38.1 Å². The fraction of sp³-hybridized carbons (Fsp3) is 0.615. The van der Waals surface area contributed by atoms with Crippen LogP contribution in [0.25, 0.3) is 0 Å². The quantitative estimate of drug-likeness (QED) is 0.621. The van der Waals surface area contributed by atoms with Gasteiger partial charge in [-0.1, -0.05) is 19.9 Å². The first-order valence-electron chi connectivity index (χ1n) is 6.53. The molecule has 4 nitrogen and oxygen atoms in total. The van der Waals surface area contributed by atoms with E-state index < -0.39 is 21.5 Å². The third kappa shape index (κ3) is 2.11. The summed E-state index contributed by atoms with van der Waals surface area (Å²) in [6, 6.07) is 2.79. The van der Waals surface area contributed by atoms with Crippen LogP contribution in [-0.2, 0) is 16.5 Å². The van der Waals surface area contributed by atoms with Crippen molar-refractivity contribution in [3.05, 3.63) is 23.4 Å². The number of aromatic nitrogens is 1. The third-order valence-electron chi connectivity index (χ3n) is 4.73. The molecule has 8 heteroatoms. The van der Waals surface area contributed by atoms with Crippen molar-refractivity contribution in [2.75, 3.05) is 0 Å². The number of pyridine rings is 1. The summed E-state index contributed by atoms with van der Waals surface area (Å²) >= 11 is 0. The minimum absolute atomic E-state index is 0.0432. The number of nitrogens with zero attached hydrogens (tertiary/aromatic N) is 1. The summed E-state index contributed by atoms with van der Waals surface area (Å²) in [5.41, 5.74) is -3.78. The Morgan fingerprint density at radius 1 is 1.33 bits per heavy atom. The summed E-state index contributed by atoms with van der Waals surface area (Å²) in [4.78, 5) is 4.03. The topological polar surface area (TPSA) is 56.3 Å². The standard InChI is InChI=1S/C13H14F3NO3S/c1-12(2)8-5-7-3-4-10(17-11(7)9(12)6-8)20-21(18,19)13(14,15)16/h3-4,8-9H,5-6H2,1-2H3/t8-,9-/m0/s1. The third-order valence-corrected chi connectivity index (χ3v) is 5.69. The molecular weight excluding hydrogens is 307 g/mol. The van der Waals surface area contributed by atoms with E-state index in [1.165, 1.54) is 6.07 Å². The summed E-state index contributed by atoms with van der Waals surface area (Å²) in [7, 11) is -5.67. The first kappa shape index (κ1) is 14.6. The Labute approximate surface area is 120 Å². The largest absolute Gasteiger partial charge is 0.534 e. The van der Waals surface area contributed by atoms with Gasteiger partial charge in [0.25, 0.3) is 0 Å². The normalized spacial score (nSPS) is 26.7. The molecule has 0 amide bonds. The van der Waals surface area contributed by atoms with Crippen LogP contribution in [0.2, 0.25) is 0 Å². The van der Waals surface area contributed by atoms with E-state index in [0.29, 0.717) is 11.6 Å². The Morgan fingerprint density at radius 2 is 2.00 bits per heavy atom. The summed E-state index contributed by atoms with van der Waals surface area (Å²) in [6.45, 7) is 4.19. The molecule has 1 heterocycles. The molecule has 2 atom stereocenters. The molecule has 0 aliphatic heterocycles. The van der Waals surface area contributed by atoms with E-state index in [1.807, 2.05) is 0 Å². The van der Waals surface area contributed by atoms with Gasteiger partial charge in [0.2, 0.25) is 5.88 Å². The lowest BCUT2D eigenvalue weighted by molar-refractivity contribution is -0.0501. The van der Waals surface area contributed by atoms with Crippen molar-refractivity contribution in [3.8, 4) is 5.88 Å². The molecule has 3 aliphatic rings. The average molecular weight is 321 g/mol. The van der Waals surface area contributed by atoms with Gasteiger partial charge in [-0.2, -0.15) is 21.6 Å². The maximum absolute atomic E-state index is 12.3. The number of alkyl halides is 3. The molecule has 3 aliphatic carbocycles. The van der Waals surface area contributed by atoms with Gasteiger partial charge in [0.05, 0.1) is 5.69 Å². The highest BCUT2D eigenvalue weighted by atomic mass is 32.2.